The van der Waals surface area contributed by atoms with Gasteiger partial charge in [0.25, 0.3) is 10.0 Å². The molecule has 31 heavy (non-hydrogen) atoms. The van der Waals surface area contributed by atoms with E-state index in [1.807, 2.05) is 4.90 Å². The molecule has 0 N–H and O–H groups in total. The molecule has 164 valence electrons. The Bertz CT molecular complexity index is 1080. The topological polar surface area (TPSA) is 94.5 Å². The van der Waals surface area contributed by atoms with Gasteiger partial charge in [-0.2, -0.15) is 8.42 Å². The highest BCUT2D eigenvalue weighted by Crippen LogP contribution is 2.30. The molecule has 1 saturated heterocycles. The summed E-state index contributed by atoms with van der Waals surface area (Å²) >= 11 is 0. The first-order valence-electron chi connectivity index (χ1n) is 10.1. The third-order valence-electron chi connectivity index (χ3n) is 5.32. The van der Waals surface area contributed by atoms with Crippen LogP contribution in [0, 0.1) is 5.92 Å². The molecule has 2 heterocycles. The summed E-state index contributed by atoms with van der Waals surface area (Å²) < 4.78 is 44.7. The third-order valence-corrected chi connectivity index (χ3v) is 6.65. The lowest BCUT2D eigenvalue weighted by atomic mass is 9.97. The summed E-state index contributed by atoms with van der Waals surface area (Å²) in [5.74, 6) is 1.17. The summed E-state index contributed by atoms with van der Waals surface area (Å²) in [4.78, 5) is 14.6. The molecule has 0 aromatic heterocycles. The summed E-state index contributed by atoms with van der Waals surface area (Å²) in [6.07, 6.45) is 1.44. The zero-order valence-corrected chi connectivity index (χ0v) is 18.0. The first-order chi connectivity index (χ1) is 15.0. The number of sulfonamides is 1. The number of methoxy groups -OCH3 is 1. The highest BCUT2D eigenvalue weighted by atomic mass is 32.2. The fourth-order valence-electron chi connectivity index (χ4n) is 3.77. The van der Waals surface area contributed by atoms with Crippen LogP contribution >= 0.6 is 0 Å². The molecule has 0 radical (unpaired) electrons. The lowest BCUT2D eigenvalue weighted by Gasteiger charge is -2.32. The molecule has 0 bridgehead atoms. The van der Waals surface area contributed by atoms with Gasteiger partial charge in [-0.1, -0.05) is 12.1 Å². The number of fused-ring (bicyclic) bond motifs is 1. The fraction of sp³-hybridized carbons (Fsp3) is 0.364. The Kier molecular flexibility index (Phi) is 6.13. The minimum absolute atomic E-state index is 0.138. The maximum atomic E-state index is 12.5. The molecule has 0 amide bonds. The number of hydrogen-bond donors (Lipinski definition) is 0. The van der Waals surface area contributed by atoms with Crippen molar-refractivity contribution in [3.05, 3.63) is 54.1 Å². The van der Waals surface area contributed by atoms with Crippen molar-refractivity contribution in [3.63, 3.8) is 0 Å². The molecule has 9 heteroatoms. The molecule has 0 saturated carbocycles. The molecule has 0 aliphatic carbocycles. The van der Waals surface area contributed by atoms with E-state index in [1.54, 1.807) is 55.6 Å². The van der Waals surface area contributed by atoms with E-state index in [4.69, 9.17) is 14.2 Å². The van der Waals surface area contributed by atoms with Gasteiger partial charge in [0.2, 0.25) is 0 Å². The van der Waals surface area contributed by atoms with Gasteiger partial charge in [0.05, 0.1) is 13.0 Å². The summed E-state index contributed by atoms with van der Waals surface area (Å²) in [7, 11) is -2.09. The molecule has 2 aliphatic heterocycles. The zero-order chi connectivity index (χ0) is 21.8. The highest BCUT2D eigenvalue weighted by molar-refractivity contribution is 7.90. The Morgan fingerprint density at radius 2 is 1.84 bits per heavy atom. The lowest BCUT2D eigenvalue weighted by Crippen LogP contribution is -2.43. The highest BCUT2D eigenvalue weighted by Gasteiger charge is 2.35. The molecule has 1 unspecified atom stereocenters. The molecule has 2 aromatic carbocycles. The molecular formula is C22H24N2O6S. The van der Waals surface area contributed by atoms with Crippen LogP contribution in [0.25, 0.3) is 0 Å². The SMILES string of the molecule is COc1ccc(OCCOC(=O)C2CCCN(C3=NS(=O)(=O)c4ccccc43)C2)cc1. The van der Waals surface area contributed by atoms with E-state index >= 15 is 0 Å². The van der Waals surface area contributed by atoms with Gasteiger partial charge in [-0.05, 0) is 49.2 Å². The first-order valence-corrected chi connectivity index (χ1v) is 11.5. The molecule has 2 aromatic rings. The van der Waals surface area contributed by atoms with Gasteiger partial charge < -0.3 is 19.1 Å². The van der Waals surface area contributed by atoms with Crippen LogP contribution < -0.4 is 9.47 Å². The number of likely N-dealkylation sites (tertiary alicyclic amines) is 1. The Hall–Kier alpha value is -3.07. The Morgan fingerprint density at radius 3 is 2.61 bits per heavy atom. The number of ether oxygens (including phenoxy) is 3. The molecule has 1 atom stereocenters. The molecule has 8 nitrogen and oxygen atoms in total. The summed E-state index contributed by atoms with van der Waals surface area (Å²) in [5.41, 5.74) is 0.587. The van der Waals surface area contributed by atoms with Gasteiger partial charge in [-0.25, -0.2) is 0 Å². The number of nitrogens with zero attached hydrogens (tertiary/aromatic N) is 2. The van der Waals surface area contributed by atoms with E-state index in [-0.39, 0.29) is 30.0 Å². The maximum absolute atomic E-state index is 12.5. The first kappa shape index (κ1) is 21.2. The van der Waals surface area contributed by atoms with Crippen LogP contribution in [0.4, 0.5) is 0 Å². The predicted molar refractivity (Wildman–Crippen MR) is 114 cm³/mol. The average molecular weight is 445 g/mol. The smallest absolute Gasteiger partial charge is 0.310 e. The number of carbonyl (C=O) groups excluding carboxylic acids is 1. The van der Waals surface area contributed by atoms with Crippen LogP contribution in [0.5, 0.6) is 11.5 Å². The number of hydrogen-bond acceptors (Lipinski definition) is 7. The molecule has 1 fully saturated rings. The number of amidine groups is 1. The standard InChI is InChI=1S/C22H24N2O6S/c1-28-17-8-10-18(11-9-17)29-13-14-30-22(25)16-5-4-12-24(15-16)21-19-6-2-3-7-20(19)31(26,27)23-21/h2-3,6-11,16H,4-5,12-15H2,1H3. The minimum atomic E-state index is -3.68. The van der Waals surface area contributed by atoms with E-state index in [0.717, 1.165) is 12.2 Å². The van der Waals surface area contributed by atoms with Crippen molar-refractivity contribution in [3.8, 4) is 11.5 Å². The third kappa shape index (κ3) is 4.66. The Morgan fingerprint density at radius 1 is 1.10 bits per heavy atom. The zero-order valence-electron chi connectivity index (χ0n) is 17.2. The molecular weight excluding hydrogens is 420 g/mol. The number of esters is 1. The van der Waals surface area contributed by atoms with Crippen molar-refractivity contribution in [2.24, 2.45) is 10.3 Å². The van der Waals surface area contributed by atoms with Gasteiger partial charge in [-0.3, -0.25) is 4.79 Å². The van der Waals surface area contributed by atoms with E-state index in [0.29, 0.717) is 36.7 Å². The van der Waals surface area contributed by atoms with Crippen LogP contribution in [-0.4, -0.2) is 58.5 Å². The van der Waals surface area contributed by atoms with Gasteiger partial charge in [0.15, 0.2) is 5.84 Å². The summed E-state index contributed by atoms with van der Waals surface area (Å²) in [5, 5.41) is 0. The van der Waals surface area contributed by atoms with Crippen molar-refractivity contribution in [1.82, 2.24) is 4.90 Å². The van der Waals surface area contributed by atoms with E-state index in [1.165, 1.54) is 0 Å². The maximum Gasteiger partial charge on any atom is 0.310 e. The summed E-state index contributed by atoms with van der Waals surface area (Å²) in [6.45, 7) is 1.40. The Labute approximate surface area is 181 Å². The second-order valence-electron chi connectivity index (χ2n) is 7.36. The molecule has 0 spiro atoms. The van der Waals surface area contributed by atoms with Crippen molar-refractivity contribution < 1.29 is 27.4 Å². The fourth-order valence-corrected chi connectivity index (χ4v) is 5.00. The van der Waals surface area contributed by atoms with Gasteiger partial charge in [-0.15, -0.1) is 4.40 Å². The quantitative estimate of drug-likeness (QED) is 0.499. The van der Waals surface area contributed by atoms with Crippen LogP contribution in [-0.2, 0) is 19.6 Å². The lowest BCUT2D eigenvalue weighted by molar-refractivity contribution is -0.150. The van der Waals surface area contributed by atoms with Gasteiger partial charge >= 0.3 is 5.97 Å². The number of carbonyl (C=O) groups is 1. The van der Waals surface area contributed by atoms with Gasteiger partial charge in [0.1, 0.15) is 29.6 Å². The van der Waals surface area contributed by atoms with Crippen LogP contribution in [0.2, 0.25) is 0 Å². The van der Waals surface area contributed by atoms with Crippen LogP contribution in [0.1, 0.15) is 18.4 Å². The van der Waals surface area contributed by atoms with E-state index in [9.17, 15) is 13.2 Å². The van der Waals surface area contributed by atoms with Crippen LogP contribution in [0.3, 0.4) is 0 Å². The number of rotatable bonds is 6. The second kappa shape index (κ2) is 8.97. The number of piperidine rings is 1. The second-order valence-corrected chi connectivity index (χ2v) is 8.94. The molecule has 2 aliphatic rings. The monoisotopic (exact) mass is 444 g/mol. The molecule has 4 rings (SSSR count). The van der Waals surface area contributed by atoms with Gasteiger partial charge in [0, 0.05) is 18.7 Å². The normalized spacial score (nSPS) is 19.3. The van der Waals surface area contributed by atoms with E-state index in [2.05, 4.69) is 4.40 Å². The number of benzene rings is 2. The predicted octanol–water partition coefficient (Wildman–Crippen LogP) is 2.48. The van der Waals surface area contributed by atoms with Crippen molar-refractivity contribution in [2.45, 2.75) is 17.7 Å². The van der Waals surface area contributed by atoms with Crippen molar-refractivity contribution >= 4 is 21.8 Å². The Balaban J connectivity index is 1.31. The van der Waals surface area contributed by atoms with Crippen molar-refractivity contribution in [1.29, 1.82) is 0 Å². The largest absolute Gasteiger partial charge is 0.497 e. The van der Waals surface area contributed by atoms with E-state index < -0.39 is 10.0 Å². The van der Waals surface area contributed by atoms with Crippen molar-refractivity contribution in [2.75, 3.05) is 33.4 Å². The van der Waals surface area contributed by atoms with Crippen LogP contribution in [0.15, 0.2) is 57.8 Å². The minimum Gasteiger partial charge on any atom is -0.497 e. The summed E-state index contributed by atoms with van der Waals surface area (Å²) in [6, 6.07) is 13.9. The average Bonchev–Trinajstić information content (AvgIpc) is 3.08.